The summed E-state index contributed by atoms with van der Waals surface area (Å²) < 4.78 is 106. The average Bonchev–Trinajstić information content (AvgIpc) is 2.65. The zero-order valence-electron chi connectivity index (χ0n) is 15.7. The maximum atomic E-state index is 13.7. The summed E-state index contributed by atoms with van der Waals surface area (Å²) in [6, 6.07) is 3.19. The lowest BCUT2D eigenvalue weighted by molar-refractivity contribution is -0.140. The summed E-state index contributed by atoms with van der Waals surface area (Å²) in [5, 5.41) is 0. The minimum absolute atomic E-state index is 0.0929. The lowest BCUT2D eigenvalue weighted by Crippen LogP contribution is -2.25. The van der Waals surface area contributed by atoms with E-state index in [4.69, 9.17) is 11.5 Å². The van der Waals surface area contributed by atoms with Crippen molar-refractivity contribution in [2.45, 2.75) is 35.5 Å². The van der Waals surface area contributed by atoms with Crippen molar-refractivity contribution in [3.8, 4) is 0 Å². The van der Waals surface area contributed by atoms with E-state index in [1.165, 1.54) is 6.92 Å². The molecule has 168 valence electrons. The number of guanidine groups is 1. The van der Waals surface area contributed by atoms with Crippen molar-refractivity contribution in [3.05, 3.63) is 58.7 Å². The molecule has 0 aliphatic heterocycles. The summed E-state index contributed by atoms with van der Waals surface area (Å²) in [5.41, 5.74) is 6.31. The van der Waals surface area contributed by atoms with Gasteiger partial charge in [-0.3, -0.25) is 4.79 Å². The van der Waals surface area contributed by atoms with E-state index in [0.29, 0.717) is 12.1 Å². The third kappa shape index (κ3) is 5.16. The number of hydrogen-bond donors (Lipinski definition) is 2. The van der Waals surface area contributed by atoms with Crippen LogP contribution >= 0.6 is 0 Å². The molecular weight excluding hydrogens is 452 g/mol. The van der Waals surface area contributed by atoms with Crippen LogP contribution in [0.4, 0.5) is 26.3 Å². The highest BCUT2D eigenvalue weighted by atomic mass is 32.2. The number of rotatable bonds is 4. The average molecular weight is 467 g/mol. The molecule has 31 heavy (non-hydrogen) atoms. The molecule has 0 heterocycles. The predicted octanol–water partition coefficient (Wildman–Crippen LogP) is 3.53. The van der Waals surface area contributed by atoms with Gasteiger partial charge in [-0.1, -0.05) is 13.0 Å². The first-order chi connectivity index (χ1) is 14.1. The van der Waals surface area contributed by atoms with E-state index in [9.17, 15) is 39.6 Å². The maximum absolute atomic E-state index is 13.7. The summed E-state index contributed by atoms with van der Waals surface area (Å²) >= 11 is 0. The van der Waals surface area contributed by atoms with E-state index in [2.05, 4.69) is 4.99 Å². The number of carbonyl (C=O) groups excluding carboxylic acids is 1. The standard InChI is InChI=1S/C18H15F6N3O3S/c1-2-9-6-14(13(18(22,23)24)8-12(9)15(28)27-16(25)26)31(29,30)11-5-3-4-10(7-11)17(19,20)21/h3-8H,2H2,1H3,(H4,25,26,27,28). The third-order valence-corrected chi connectivity index (χ3v) is 5.91. The lowest BCUT2D eigenvalue weighted by atomic mass is 10.0. The smallest absolute Gasteiger partial charge is 0.370 e. The number of aliphatic imine (C=N–C) groups is 1. The number of nitrogens with two attached hydrogens (primary N) is 2. The van der Waals surface area contributed by atoms with Crippen molar-refractivity contribution in [1.29, 1.82) is 0 Å². The number of carbonyl (C=O) groups is 1. The van der Waals surface area contributed by atoms with Gasteiger partial charge < -0.3 is 11.5 Å². The van der Waals surface area contributed by atoms with E-state index in [1.807, 2.05) is 0 Å². The normalized spacial score (nSPS) is 12.5. The van der Waals surface area contributed by atoms with Gasteiger partial charge in [-0.25, -0.2) is 8.42 Å². The Kier molecular flexibility index (Phi) is 6.40. The van der Waals surface area contributed by atoms with Crippen LogP contribution in [0, 0.1) is 0 Å². The summed E-state index contributed by atoms with van der Waals surface area (Å²) in [7, 11) is -5.05. The molecule has 2 aromatic rings. The molecule has 0 unspecified atom stereocenters. The first-order valence-corrected chi connectivity index (χ1v) is 9.87. The quantitative estimate of drug-likeness (QED) is 0.406. The van der Waals surface area contributed by atoms with Gasteiger partial charge in [0.05, 0.1) is 20.9 Å². The largest absolute Gasteiger partial charge is 0.417 e. The first-order valence-electron chi connectivity index (χ1n) is 8.39. The zero-order chi connectivity index (χ0) is 23.8. The molecule has 0 atom stereocenters. The second kappa shape index (κ2) is 8.21. The van der Waals surface area contributed by atoms with Crippen molar-refractivity contribution >= 4 is 21.7 Å². The van der Waals surface area contributed by atoms with Gasteiger partial charge in [0.2, 0.25) is 9.84 Å². The highest BCUT2D eigenvalue weighted by Crippen LogP contribution is 2.39. The lowest BCUT2D eigenvalue weighted by Gasteiger charge is -2.17. The predicted molar refractivity (Wildman–Crippen MR) is 97.9 cm³/mol. The third-order valence-electron chi connectivity index (χ3n) is 4.11. The Morgan fingerprint density at radius 3 is 2.10 bits per heavy atom. The number of halogens is 6. The van der Waals surface area contributed by atoms with Crippen LogP contribution in [0.1, 0.15) is 34.0 Å². The van der Waals surface area contributed by atoms with Crippen LogP contribution in [-0.4, -0.2) is 20.3 Å². The van der Waals surface area contributed by atoms with Crippen molar-refractivity contribution in [3.63, 3.8) is 0 Å². The van der Waals surface area contributed by atoms with Crippen LogP contribution in [0.3, 0.4) is 0 Å². The number of amides is 1. The molecular formula is C18H15F6N3O3S. The molecule has 0 saturated heterocycles. The highest BCUT2D eigenvalue weighted by Gasteiger charge is 2.40. The Balaban J connectivity index is 2.84. The van der Waals surface area contributed by atoms with Gasteiger partial charge in [-0.15, -0.1) is 0 Å². The summed E-state index contributed by atoms with van der Waals surface area (Å²) in [4.78, 5) is 13.0. The van der Waals surface area contributed by atoms with Crippen LogP contribution in [0.5, 0.6) is 0 Å². The second-order valence-corrected chi connectivity index (χ2v) is 8.15. The second-order valence-electron chi connectivity index (χ2n) is 6.23. The van der Waals surface area contributed by atoms with Crippen molar-refractivity contribution in [2.75, 3.05) is 0 Å². The Morgan fingerprint density at radius 1 is 1.00 bits per heavy atom. The molecule has 0 aliphatic rings. The molecule has 2 rings (SSSR count). The number of benzene rings is 2. The number of nitrogens with zero attached hydrogens (tertiary/aromatic N) is 1. The van der Waals surface area contributed by atoms with Crippen LogP contribution in [-0.2, 0) is 28.6 Å². The van der Waals surface area contributed by atoms with Gasteiger partial charge in [0.15, 0.2) is 5.96 Å². The highest BCUT2D eigenvalue weighted by molar-refractivity contribution is 7.91. The molecule has 0 bridgehead atoms. The molecule has 0 fully saturated rings. The number of sulfone groups is 1. The van der Waals surface area contributed by atoms with Gasteiger partial charge >= 0.3 is 12.4 Å². The van der Waals surface area contributed by atoms with Crippen LogP contribution < -0.4 is 11.5 Å². The van der Waals surface area contributed by atoms with Crippen LogP contribution in [0.15, 0.2) is 51.2 Å². The maximum Gasteiger partial charge on any atom is 0.417 e. The number of hydrogen-bond acceptors (Lipinski definition) is 3. The Hall–Kier alpha value is -3.09. The SMILES string of the molecule is CCc1cc(S(=O)(=O)c2cccc(C(F)(F)F)c2)c(C(F)(F)F)cc1C(=O)N=C(N)N. The fourth-order valence-corrected chi connectivity index (χ4v) is 4.26. The van der Waals surface area contributed by atoms with E-state index in [1.54, 1.807) is 0 Å². The molecule has 0 spiro atoms. The summed E-state index contributed by atoms with van der Waals surface area (Å²) in [5.74, 6) is -1.95. The Morgan fingerprint density at radius 2 is 1.61 bits per heavy atom. The van der Waals surface area contributed by atoms with E-state index in [0.717, 1.165) is 12.1 Å². The van der Waals surface area contributed by atoms with Gasteiger partial charge in [0.25, 0.3) is 5.91 Å². The van der Waals surface area contributed by atoms with Crippen LogP contribution in [0.25, 0.3) is 0 Å². The van der Waals surface area contributed by atoms with Gasteiger partial charge in [0.1, 0.15) is 0 Å². The van der Waals surface area contributed by atoms with Crippen LogP contribution in [0.2, 0.25) is 0 Å². The van der Waals surface area contributed by atoms with Crippen molar-refractivity contribution in [1.82, 2.24) is 0 Å². The molecule has 0 radical (unpaired) electrons. The van der Waals surface area contributed by atoms with E-state index in [-0.39, 0.29) is 24.1 Å². The minimum atomic E-state index is -5.26. The first kappa shape index (κ1) is 24.2. The van der Waals surface area contributed by atoms with E-state index >= 15 is 0 Å². The van der Waals surface area contributed by atoms with Crippen molar-refractivity contribution in [2.24, 2.45) is 16.5 Å². The Bertz CT molecular complexity index is 1150. The number of alkyl halides is 6. The molecule has 0 saturated carbocycles. The van der Waals surface area contributed by atoms with Crippen molar-refractivity contribution < 1.29 is 39.6 Å². The molecule has 13 heteroatoms. The topological polar surface area (TPSA) is 116 Å². The number of aryl methyl sites for hydroxylation is 1. The molecule has 6 nitrogen and oxygen atoms in total. The Labute approximate surface area is 172 Å². The van der Waals surface area contributed by atoms with E-state index < -0.39 is 60.5 Å². The fourth-order valence-electron chi connectivity index (χ4n) is 2.70. The fraction of sp³-hybridized carbons (Fsp3) is 0.222. The molecule has 0 aromatic heterocycles. The van der Waals surface area contributed by atoms with Gasteiger partial charge in [0, 0.05) is 5.56 Å². The summed E-state index contributed by atoms with van der Waals surface area (Å²) in [6.07, 6.45) is -10.3. The van der Waals surface area contributed by atoms with Gasteiger partial charge in [-0.05, 0) is 42.3 Å². The van der Waals surface area contributed by atoms with Gasteiger partial charge in [-0.2, -0.15) is 31.3 Å². The minimum Gasteiger partial charge on any atom is -0.370 e. The monoisotopic (exact) mass is 467 g/mol. The molecule has 2 aromatic carbocycles. The zero-order valence-corrected chi connectivity index (χ0v) is 16.5. The molecule has 4 N–H and O–H groups in total. The molecule has 1 amide bonds. The molecule has 0 aliphatic carbocycles. The summed E-state index contributed by atoms with van der Waals surface area (Å²) in [6.45, 7) is 1.43.